The summed E-state index contributed by atoms with van der Waals surface area (Å²) in [5.41, 5.74) is 0. The summed E-state index contributed by atoms with van der Waals surface area (Å²) >= 11 is 3.14. The van der Waals surface area contributed by atoms with Gasteiger partial charge in [-0.15, -0.1) is 5.10 Å². The Morgan fingerprint density at radius 2 is 2.37 bits per heavy atom. The lowest BCUT2D eigenvalue weighted by Crippen LogP contribution is -2.21. The molecule has 0 aliphatic rings. The highest BCUT2D eigenvalue weighted by molar-refractivity contribution is 9.10. The number of amides is 1. The second-order valence-corrected chi connectivity index (χ2v) is 4.51. The number of hydrogen-bond acceptors (Lipinski definition) is 4. The van der Waals surface area contributed by atoms with Crippen molar-refractivity contribution in [3.63, 3.8) is 0 Å². The monoisotopic (exact) mass is 328 g/mol. The summed E-state index contributed by atoms with van der Waals surface area (Å²) in [4.78, 5) is 15.5. The topological polar surface area (TPSA) is 79.9 Å². The molecule has 0 saturated heterocycles. The molecule has 19 heavy (non-hydrogen) atoms. The van der Waals surface area contributed by atoms with Gasteiger partial charge in [0, 0.05) is 0 Å². The van der Waals surface area contributed by atoms with Crippen LogP contribution in [0.1, 0.15) is 5.82 Å². The van der Waals surface area contributed by atoms with E-state index in [9.17, 15) is 9.18 Å². The van der Waals surface area contributed by atoms with Crippen LogP contribution in [0.25, 0.3) is 0 Å². The van der Waals surface area contributed by atoms with Crippen LogP contribution in [0.5, 0.6) is 5.75 Å². The number of nitrogens with one attached hydrogen (secondary N) is 2. The molecular formula is C11H10BrFN4O2. The largest absolute Gasteiger partial charge is 0.483 e. The lowest BCUT2D eigenvalue weighted by molar-refractivity contribution is -0.118. The maximum atomic E-state index is 12.9. The van der Waals surface area contributed by atoms with Crippen LogP contribution in [-0.2, 0) is 4.79 Å². The number of carbonyl (C=O) groups is 1. The Hall–Kier alpha value is -1.96. The van der Waals surface area contributed by atoms with E-state index in [1.165, 1.54) is 18.2 Å². The highest BCUT2D eigenvalue weighted by Crippen LogP contribution is 2.25. The van der Waals surface area contributed by atoms with E-state index >= 15 is 0 Å². The van der Waals surface area contributed by atoms with Gasteiger partial charge in [0.2, 0.25) is 5.95 Å². The first-order valence-electron chi connectivity index (χ1n) is 5.31. The molecule has 0 fully saturated rings. The lowest BCUT2D eigenvalue weighted by atomic mass is 10.3. The summed E-state index contributed by atoms with van der Waals surface area (Å²) in [5.74, 6) is 0.361. The first-order chi connectivity index (χ1) is 9.04. The van der Waals surface area contributed by atoms with E-state index in [2.05, 4.69) is 36.4 Å². The van der Waals surface area contributed by atoms with Gasteiger partial charge in [-0.2, -0.15) is 4.98 Å². The van der Waals surface area contributed by atoms with Crippen molar-refractivity contribution in [1.29, 1.82) is 0 Å². The highest BCUT2D eigenvalue weighted by atomic mass is 79.9. The van der Waals surface area contributed by atoms with Gasteiger partial charge in [-0.1, -0.05) is 0 Å². The molecular weight excluding hydrogens is 319 g/mol. The van der Waals surface area contributed by atoms with Crippen molar-refractivity contribution in [2.45, 2.75) is 6.92 Å². The fourth-order valence-electron chi connectivity index (χ4n) is 1.29. The van der Waals surface area contributed by atoms with E-state index in [0.717, 1.165) is 0 Å². The minimum Gasteiger partial charge on any atom is -0.483 e. The van der Waals surface area contributed by atoms with Gasteiger partial charge in [-0.05, 0) is 41.1 Å². The van der Waals surface area contributed by atoms with Crippen molar-refractivity contribution in [2.24, 2.45) is 0 Å². The highest BCUT2D eigenvalue weighted by Gasteiger charge is 2.09. The summed E-state index contributed by atoms with van der Waals surface area (Å²) in [6, 6.07) is 3.94. The Morgan fingerprint density at radius 1 is 1.58 bits per heavy atom. The number of aromatic amines is 1. The molecule has 8 heteroatoms. The standard InChI is InChI=1S/C11H10BrFN4O2/c1-6-14-11(17-16-6)15-10(18)5-19-9-3-2-7(13)4-8(9)12/h2-4H,5H2,1H3,(H2,14,15,16,17,18). The molecule has 100 valence electrons. The quantitative estimate of drug-likeness (QED) is 0.899. The zero-order chi connectivity index (χ0) is 13.8. The number of benzene rings is 1. The van der Waals surface area contributed by atoms with Crippen molar-refractivity contribution in [2.75, 3.05) is 11.9 Å². The summed E-state index contributed by atoms with van der Waals surface area (Å²) in [6.07, 6.45) is 0. The average Bonchev–Trinajstić information content (AvgIpc) is 2.73. The minimum absolute atomic E-state index is 0.185. The van der Waals surface area contributed by atoms with E-state index < -0.39 is 5.91 Å². The fourth-order valence-corrected chi connectivity index (χ4v) is 1.76. The van der Waals surface area contributed by atoms with Crippen molar-refractivity contribution in [1.82, 2.24) is 15.2 Å². The molecule has 0 spiro atoms. The summed E-state index contributed by atoms with van der Waals surface area (Å²) in [5, 5.41) is 8.81. The van der Waals surface area contributed by atoms with Crippen LogP contribution in [0.4, 0.5) is 10.3 Å². The van der Waals surface area contributed by atoms with Crippen LogP contribution in [-0.4, -0.2) is 27.7 Å². The van der Waals surface area contributed by atoms with E-state index in [4.69, 9.17) is 4.74 Å². The molecule has 0 atom stereocenters. The van der Waals surface area contributed by atoms with Gasteiger partial charge >= 0.3 is 0 Å². The molecule has 0 unspecified atom stereocenters. The molecule has 0 aliphatic carbocycles. The fraction of sp³-hybridized carbons (Fsp3) is 0.182. The third-order valence-corrected chi connectivity index (χ3v) is 2.72. The molecule has 0 radical (unpaired) electrons. The molecule has 2 rings (SSSR count). The van der Waals surface area contributed by atoms with E-state index in [1.807, 2.05) is 0 Å². The first kappa shape index (κ1) is 13.5. The van der Waals surface area contributed by atoms with Crippen molar-refractivity contribution in [3.8, 4) is 5.75 Å². The Balaban J connectivity index is 1.89. The number of aromatic nitrogens is 3. The number of H-pyrrole nitrogens is 1. The summed E-state index contributed by atoms with van der Waals surface area (Å²) in [6.45, 7) is 1.49. The molecule has 1 amide bonds. The SMILES string of the molecule is Cc1nc(NC(=O)COc2ccc(F)cc2Br)n[nH]1. The van der Waals surface area contributed by atoms with Crippen LogP contribution in [0.2, 0.25) is 0 Å². The van der Waals surface area contributed by atoms with E-state index in [-0.39, 0.29) is 18.4 Å². The maximum absolute atomic E-state index is 12.9. The molecule has 6 nitrogen and oxygen atoms in total. The minimum atomic E-state index is -0.407. The normalized spacial score (nSPS) is 10.3. The number of halogens is 2. The Morgan fingerprint density at radius 3 is 3.00 bits per heavy atom. The molecule has 2 N–H and O–H groups in total. The van der Waals surface area contributed by atoms with Crippen molar-refractivity contribution < 1.29 is 13.9 Å². The number of nitrogens with zero attached hydrogens (tertiary/aromatic N) is 2. The molecule has 1 aromatic carbocycles. The van der Waals surface area contributed by atoms with Gasteiger partial charge in [0.15, 0.2) is 6.61 Å². The number of ether oxygens (including phenoxy) is 1. The zero-order valence-corrected chi connectivity index (χ0v) is 11.5. The Kier molecular flexibility index (Phi) is 4.10. The predicted octanol–water partition coefficient (Wildman–Crippen LogP) is 2.03. The third-order valence-electron chi connectivity index (χ3n) is 2.10. The zero-order valence-electron chi connectivity index (χ0n) is 9.91. The van der Waals surface area contributed by atoms with E-state index in [1.54, 1.807) is 6.92 Å². The van der Waals surface area contributed by atoms with Gasteiger partial charge in [0.25, 0.3) is 5.91 Å². The number of carbonyl (C=O) groups excluding carboxylic acids is 1. The third kappa shape index (κ3) is 3.75. The molecule has 1 heterocycles. The second kappa shape index (κ2) is 5.79. The molecule has 1 aromatic heterocycles. The molecule has 0 saturated carbocycles. The van der Waals surface area contributed by atoms with Crippen molar-refractivity contribution >= 4 is 27.8 Å². The smallest absolute Gasteiger partial charge is 0.264 e. The van der Waals surface area contributed by atoms with Crippen molar-refractivity contribution in [3.05, 3.63) is 34.3 Å². The van der Waals surface area contributed by atoms with Crippen LogP contribution >= 0.6 is 15.9 Å². The molecule has 0 bridgehead atoms. The number of aryl methyl sites for hydroxylation is 1. The molecule has 0 aliphatic heterocycles. The van der Waals surface area contributed by atoms with Crippen LogP contribution in [0.15, 0.2) is 22.7 Å². The number of rotatable bonds is 4. The van der Waals surface area contributed by atoms with Crippen LogP contribution in [0.3, 0.4) is 0 Å². The summed E-state index contributed by atoms with van der Waals surface area (Å²) in [7, 11) is 0. The number of hydrogen-bond donors (Lipinski definition) is 2. The molecule has 2 aromatic rings. The van der Waals surface area contributed by atoms with Gasteiger partial charge in [-0.25, -0.2) is 4.39 Å². The Bertz CT molecular complexity index is 602. The lowest BCUT2D eigenvalue weighted by Gasteiger charge is -2.07. The number of anilines is 1. The Labute approximate surface area is 116 Å². The average molecular weight is 329 g/mol. The van der Waals surface area contributed by atoms with Gasteiger partial charge in [-0.3, -0.25) is 15.2 Å². The second-order valence-electron chi connectivity index (χ2n) is 3.66. The van der Waals surface area contributed by atoms with E-state index in [0.29, 0.717) is 16.0 Å². The maximum Gasteiger partial charge on any atom is 0.264 e. The summed E-state index contributed by atoms with van der Waals surface area (Å²) < 4.78 is 18.5. The van der Waals surface area contributed by atoms with Gasteiger partial charge in [0.05, 0.1) is 4.47 Å². The van der Waals surface area contributed by atoms with Crippen LogP contribution in [0, 0.1) is 12.7 Å². The first-order valence-corrected chi connectivity index (χ1v) is 6.10. The van der Waals surface area contributed by atoms with Gasteiger partial charge in [0.1, 0.15) is 17.4 Å². The predicted molar refractivity (Wildman–Crippen MR) is 69.3 cm³/mol. The van der Waals surface area contributed by atoms with Crippen LogP contribution < -0.4 is 10.1 Å². The van der Waals surface area contributed by atoms with Gasteiger partial charge < -0.3 is 4.74 Å².